The topological polar surface area (TPSA) is 47.6 Å². The number of hydrogen-bond acceptors (Lipinski definition) is 5. The van der Waals surface area contributed by atoms with Crippen LogP contribution >= 0.6 is 24.0 Å². The molecule has 0 spiro atoms. The van der Waals surface area contributed by atoms with Crippen molar-refractivity contribution in [3.05, 3.63) is 64.6 Å². The third-order valence-electron chi connectivity index (χ3n) is 4.71. The van der Waals surface area contributed by atoms with Crippen LogP contribution in [-0.4, -0.2) is 23.4 Å². The molecular weight excluding hydrogens is 402 g/mol. The van der Waals surface area contributed by atoms with Crippen LogP contribution in [0.4, 0.5) is 0 Å². The predicted octanol–water partition coefficient (Wildman–Crippen LogP) is 5.54. The Labute approximate surface area is 181 Å². The Kier molecular flexibility index (Phi) is 7.72. The van der Waals surface area contributed by atoms with Gasteiger partial charge in [-0.1, -0.05) is 62.1 Å². The molecule has 3 rings (SSSR count). The molecule has 1 N–H and O–H groups in total. The van der Waals surface area contributed by atoms with Crippen molar-refractivity contribution in [1.82, 2.24) is 5.32 Å². The molecule has 1 fully saturated rings. The van der Waals surface area contributed by atoms with Gasteiger partial charge in [-0.05, 0) is 53.8 Å². The Morgan fingerprint density at radius 2 is 1.62 bits per heavy atom. The van der Waals surface area contributed by atoms with E-state index in [2.05, 4.69) is 31.3 Å². The van der Waals surface area contributed by atoms with Crippen LogP contribution in [-0.2, 0) is 4.79 Å². The third kappa shape index (κ3) is 6.34. The number of thiocarbonyl (C=S) groups is 1. The number of ether oxygens (including phenoxy) is 2. The molecule has 0 bridgehead atoms. The standard InChI is InChI=1S/C23H25NO3S2/c1-3-16(2)18-7-11-20(12-8-18)27-14-4-13-26-19-9-5-17(6-10-19)15-21-22(25)24-23(28)29-21/h5-12,15-16H,3-4,13-14H2,1-2H3,(H,24,25,28)/b21-15+/t16-/m1/s1. The molecule has 152 valence electrons. The van der Waals surface area contributed by atoms with Crippen molar-refractivity contribution in [2.75, 3.05) is 13.2 Å². The van der Waals surface area contributed by atoms with Crippen molar-refractivity contribution < 1.29 is 14.3 Å². The first-order valence-electron chi connectivity index (χ1n) is 9.75. The van der Waals surface area contributed by atoms with Gasteiger partial charge in [0.1, 0.15) is 15.8 Å². The molecule has 1 amide bonds. The van der Waals surface area contributed by atoms with Crippen LogP contribution < -0.4 is 14.8 Å². The third-order valence-corrected chi connectivity index (χ3v) is 5.87. The summed E-state index contributed by atoms with van der Waals surface area (Å²) >= 11 is 6.27. The summed E-state index contributed by atoms with van der Waals surface area (Å²) in [5, 5.41) is 2.61. The summed E-state index contributed by atoms with van der Waals surface area (Å²) in [4.78, 5) is 12.3. The zero-order valence-electron chi connectivity index (χ0n) is 16.6. The van der Waals surface area contributed by atoms with E-state index in [1.54, 1.807) is 0 Å². The van der Waals surface area contributed by atoms with Crippen LogP contribution in [0.3, 0.4) is 0 Å². The van der Waals surface area contributed by atoms with Gasteiger partial charge in [0.05, 0.1) is 18.1 Å². The number of amides is 1. The van der Waals surface area contributed by atoms with Crippen molar-refractivity contribution in [3.8, 4) is 11.5 Å². The average molecular weight is 428 g/mol. The first-order chi connectivity index (χ1) is 14.0. The maximum Gasteiger partial charge on any atom is 0.263 e. The van der Waals surface area contributed by atoms with Gasteiger partial charge in [-0.2, -0.15) is 0 Å². The van der Waals surface area contributed by atoms with Crippen LogP contribution in [0.5, 0.6) is 11.5 Å². The van der Waals surface area contributed by atoms with E-state index in [1.165, 1.54) is 17.3 Å². The Morgan fingerprint density at radius 1 is 1.03 bits per heavy atom. The van der Waals surface area contributed by atoms with E-state index in [9.17, 15) is 4.79 Å². The van der Waals surface area contributed by atoms with Crippen molar-refractivity contribution >= 4 is 40.3 Å². The Hall–Kier alpha value is -2.31. The van der Waals surface area contributed by atoms with Gasteiger partial charge >= 0.3 is 0 Å². The molecule has 1 atom stereocenters. The highest BCUT2D eigenvalue weighted by molar-refractivity contribution is 8.26. The molecule has 6 heteroatoms. The van der Waals surface area contributed by atoms with Crippen LogP contribution in [0.1, 0.15) is 43.7 Å². The summed E-state index contributed by atoms with van der Waals surface area (Å²) in [7, 11) is 0. The Balaban J connectivity index is 1.39. The van der Waals surface area contributed by atoms with Crippen LogP contribution in [0.2, 0.25) is 0 Å². The molecular formula is C23H25NO3S2. The minimum atomic E-state index is -0.144. The molecule has 2 aromatic rings. The van der Waals surface area contributed by atoms with Gasteiger partial charge in [-0.3, -0.25) is 4.79 Å². The number of nitrogens with one attached hydrogen (secondary N) is 1. The second kappa shape index (κ2) is 10.5. The fourth-order valence-electron chi connectivity index (χ4n) is 2.80. The lowest BCUT2D eigenvalue weighted by atomic mass is 9.99. The number of carbonyl (C=O) groups is 1. The van der Waals surface area contributed by atoms with Crippen LogP contribution in [0.25, 0.3) is 6.08 Å². The zero-order chi connectivity index (χ0) is 20.6. The van der Waals surface area contributed by atoms with Crippen molar-refractivity contribution in [3.63, 3.8) is 0 Å². The van der Waals surface area contributed by atoms with Crippen molar-refractivity contribution in [2.45, 2.75) is 32.6 Å². The van der Waals surface area contributed by atoms with Gasteiger partial charge in [-0.25, -0.2) is 0 Å². The van der Waals surface area contributed by atoms with E-state index in [4.69, 9.17) is 21.7 Å². The molecule has 4 nitrogen and oxygen atoms in total. The predicted molar refractivity (Wildman–Crippen MR) is 124 cm³/mol. The lowest BCUT2D eigenvalue weighted by Gasteiger charge is -2.11. The smallest absolute Gasteiger partial charge is 0.263 e. The second-order valence-electron chi connectivity index (χ2n) is 6.85. The highest BCUT2D eigenvalue weighted by Crippen LogP contribution is 2.26. The summed E-state index contributed by atoms with van der Waals surface area (Å²) in [5.41, 5.74) is 2.28. The minimum absolute atomic E-state index is 0.144. The van der Waals surface area contributed by atoms with Crippen molar-refractivity contribution in [2.24, 2.45) is 0 Å². The number of thioether (sulfide) groups is 1. The Morgan fingerprint density at radius 3 is 2.14 bits per heavy atom. The molecule has 1 aliphatic heterocycles. The quantitative estimate of drug-likeness (QED) is 0.324. The number of benzene rings is 2. The minimum Gasteiger partial charge on any atom is -0.493 e. The molecule has 0 aromatic heterocycles. The average Bonchev–Trinajstić information content (AvgIpc) is 3.05. The van der Waals surface area contributed by atoms with Gasteiger partial charge in [0.2, 0.25) is 0 Å². The molecule has 1 saturated heterocycles. The molecule has 0 radical (unpaired) electrons. The highest BCUT2D eigenvalue weighted by Gasteiger charge is 2.21. The normalized spacial score (nSPS) is 16.0. The van der Waals surface area contributed by atoms with E-state index in [-0.39, 0.29) is 5.91 Å². The lowest BCUT2D eigenvalue weighted by Crippen LogP contribution is -2.17. The Bertz CT molecular complexity index is 876. The highest BCUT2D eigenvalue weighted by atomic mass is 32.2. The number of rotatable bonds is 9. The molecule has 0 saturated carbocycles. The summed E-state index contributed by atoms with van der Waals surface area (Å²) in [6.45, 7) is 5.62. The van der Waals surface area contributed by atoms with Gasteiger partial charge in [0.15, 0.2) is 0 Å². The van der Waals surface area contributed by atoms with Crippen molar-refractivity contribution in [1.29, 1.82) is 0 Å². The molecule has 1 aliphatic rings. The van der Waals surface area contributed by atoms with Crippen LogP contribution in [0, 0.1) is 0 Å². The fourth-order valence-corrected chi connectivity index (χ4v) is 3.84. The first kappa shape index (κ1) is 21.4. The zero-order valence-corrected chi connectivity index (χ0v) is 18.3. The van der Waals surface area contributed by atoms with Gasteiger partial charge < -0.3 is 14.8 Å². The lowest BCUT2D eigenvalue weighted by molar-refractivity contribution is -0.115. The van der Waals surface area contributed by atoms with E-state index < -0.39 is 0 Å². The summed E-state index contributed by atoms with van der Waals surface area (Å²) < 4.78 is 12.0. The summed E-state index contributed by atoms with van der Waals surface area (Å²) in [6, 6.07) is 16.0. The first-order valence-corrected chi connectivity index (χ1v) is 11.0. The summed E-state index contributed by atoms with van der Waals surface area (Å²) in [6.07, 6.45) is 3.76. The fraction of sp³-hybridized carbons (Fsp3) is 0.304. The van der Waals surface area contributed by atoms with Gasteiger partial charge in [0.25, 0.3) is 5.91 Å². The number of carbonyl (C=O) groups excluding carboxylic acids is 1. The van der Waals surface area contributed by atoms with E-state index in [0.717, 1.165) is 29.9 Å². The van der Waals surface area contributed by atoms with E-state index in [1.807, 2.05) is 42.5 Å². The van der Waals surface area contributed by atoms with E-state index >= 15 is 0 Å². The second-order valence-corrected chi connectivity index (χ2v) is 8.57. The molecule has 0 aliphatic carbocycles. The van der Waals surface area contributed by atoms with Crippen LogP contribution in [0.15, 0.2) is 53.4 Å². The maximum atomic E-state index is 11.7. The molecule has 1 heterocycles. The molecule has 29 heavy (non-hydrogen) atoms. The van der Waals surface area contributed by atoms with Gasteiger partial charge in [0, 0.05) is 6.42 Å². The molecule has 2 aromatic carbocycles. The molecule has 0 unspecified atom stereocenters. The van der Waals surface area contributed by atoms with Gasteiger partial charge in [-0.15, -0.1) is 0 Å². The van der Waals surface area contributed by atoms with E-state index in [0.29, 0.717) is 28.4 Å². The monoisotopic (exact) mass is 427 g/mol. The largest absolute Gasteiger partial charge is 0.493 e. The maximum absolute atomic E-state index is 11.7. The summed E-state index contributed by atoms with van der Waals surface area (Å²) in [5.74, 6) is 2.12. The number of hydrogen-bond donors (Lipinski definition) is 1. The SMILES string of the molecule is CC[C@@H](C)c1ccc(OCCCOc2ccc(/C=C3/SC(=S)NC3=O)cc2)cc1.